The molecule has 9 heteroatoms. The fraction of sp³-hybridized carbons (Fsp3) is 0.294. The lowest BCUT2D eigenvalue weighted by molar-refractivity contribution is -0.141. The van der Waals surface area contributed by atoms with Crippen molar-refractivity contribution >= 4 is 11.0 Å². The standard InChI is InChI=1S/C17H13F5N4/c18-8-1-2-11(19)9(3-8)10-4-16-25-13-6-24-15(17(20,21)22)5-14(13)26(16)7-12(10)23/h1-3,5-6,10,12H,4,7,23H2/t10-,12+/m0/s1. The van der Waals surface area contributed by atoms with Gasteiger partial charge < -0.3 is 10.3 Å². The average molecular weight is 368 g/mol. The maximum absolute atomic E-state index is 14.1. The van der Waals surface area contributed by atoms with Crippen molar-refractivity contribution in [3.8, 4) is 0 Å². The first-order valence-electron chi connectivity index (χ1n) is 7.87. The summed E-state index contributed by atoms with van der Waals surface area (Å²) in [5.74, 6) is -1.20. The zero-order valence-electron chi connectivity index (χ0n) is 13.3. The smallest absolute Gasteiger partial charge is 0.326 e. The van der Waals surface area contributed by atoms with Crippen molar-refractivity contribution in [2.45, 2.75) is 31.1 Å². The van der Waals surface area contributed by atoms with Crippen molar-refractivity contribution in [2.75, 3.05) is 0 Å². The Labute approximate surface area is 144 Å². The number of alkyl halides is 3. The van der Waals surface area contributed by atoms with E-state index in [-0.39, 0.29) is 24.0 Å². The minimum Gasteiger partial charge on any atom is -0.326 e. The summed E-state index contributed by atoms with van der Waals surface area (Å²) in [6, 6.07) is 3.49. The Morgan fingerprint density at radius 2 is 1.92 bits per heavy atom. The van der Waals surface area contributed by atoms with Gasteiger partial charge in [0.2, 0.25) is 0 Å². The second-order valence-electron chi connectivity index (χ2n) is 6.33. The third kappa shape index (κ3) is 2.72. The quantitative estimate of drug-likeness (QED) is 0.670. The number of nitrogens with zero attached hydrogens (tertiary/aromatic N) is 3. The first-order valence-corrected chi connectivity index (χ1v) is 7.87. The number of pyridine rings is 1. The minimum absolute atomic E-state index is 0.143. The third-order valence-corrected chi connectivity index (χ3v) is 4.67. The molecule has 136 valence electrons. The number of imidazole rings is 1. The third-order valence-electron chi connectivity index (χ3n) is 4.67. The van der Waals surface area contributed by atoms with E-state index in [4.69, 9.17) is 5.73 Å². The Morgan fingerprint density at radius 3 is 2.65 bits per heavy atom. The van der Waals surface area contributed by atoms with Gasteiger partial charge in [0.1, 0.15) is 28.7 Å². The van der Waals surface area contributed by atoms with Gasteiger partial charge in [-0.2, -0.15) is 13.2 Å². The summed E-state index contributed by atoms with van der Waals surface area (Å²) in [4.78, 5) is 7.70. The van der Waals surface area contributed by atoms with Crippen LogP contribution in [0.5, 0.6) is 0 Å². The van der Waals surface area contributed by atoms with Gasteiger partial charge in [-0.25, -0.2) is 18.7 Å². The largest absolute Gasteiger partial charge is 0.433 e. The number of benzene rings is 1. The van der Waals surface area contributed by atoms with Crippen molar-refractivity contribution in [1.29, 1.82) is 0 Å². The lowest BCUT2D eigenvalue weighted by atomic mass is 9.86. The predicted molar refractivity (Wildman–Crippen MR) is 83.3 cm³/mol. The molecule has 0 bridgehead atoms. The van der Waals surface area contributed by atoms with Crippen LogP contribution in [0.15, 0.2) is 30.5 Å². The molecule has 1 aliphatic rings. The Morgan fingerprint density at radius 1 is 1.15 bits per heavy atom. The van der Waals surface area contributed by atoms with Crippen molar-refractivity contribution < 1.29 is 22.0 Å². The summed E-state index contributed by atoms with van der Waals surface area (Å²) in [6.45, 7) is 0.147. The monoisotopic (exact) mass is 368 g/mol. The molecule has 0 amide bonds. The van der Waals surface area contributed by atoms with Crippen LogP contribution in [0.25, 0.3) is 11.0 Å². The van der Waals surface area contributed by atoms with Gasteiger partial charge in [-0.05, 0) is 29.8 Å². The number of nitrogens with two attached hydrogens (primary N) is 1. The Kier molecular flexibility index (Phi) is 3.72. The summed E-state index contributed by atoms with van der Waals surface area (Å²) in [5.41, 5.74) is 5.85. The molecule has 2 N–H and O–H groups in total. The molecule has 1 aromatic carbocycles. The molecule has 0 fully saturated rings. The second kappa shape index (κ2) is 5.73. The maximum atomic E-state index is 14.1. The van der Waals surface area contributed by atoms with Crippen LogP contribution in [0, 0.1) is 11.6 Å². The fourth-order valence-electron chi connectivity index (χ4n) is 3.42. The molecule has 0 spiro atoms. The van der Waals surface area contributed by atoms with E-state index in [1.807, 2.05) is 0 Å². The Bertz CT molecular complexity index is 995. The molecule has 2 aromatic heterocycles. The Balaban J connectivity index is 1.78. The molecule has 3 aromatic rings. The number of halogens is 5. The van der Waals surface area contributed by atoms with Crippen LogP contribution in [-0.2, 0) is 19.1 Å². The van der Waals surface area contributed by atoms with Crippen molar-refractivity contribution in [1.82, 2.24) is 14.5 Å². The number of aromatic nitrogens is 3. The van der Waals surface area contributed by atoms with Crippen LogP contribution in [-0.4, -0.2) is 20.6 Å². The highest BCUT2D eigenvalue weighted by atomic mass is 19.4. The van der Waals surface area contributed by atoms with Crippen LogP contribution < -0.4 is 5.73 Å². The molecule has 0 saturated carbocycles. The van der Waals surface area contributed by atoms with Crippen LogP contribution in [0.2, 0.25) is 0 Å². The van der Waals surface area contributed by atoms with Crippen LogP contribution in [0.1, 0.15) is 23.0 Å². The van der Waals surface area contributed by atoms with Gasteiger partial charge in [0.05, 0.1) is 11.7 Å². The molecule has 0 radical (unpaired) electrons. The number of rotatable bonds is 1. The predicted octanol–water partition coefficient (Wildman–Crippen LogP) is 3.40. The van der Waals surface area contributed by atoms with Crippen LogP contribution in [0.3, 0.4) is 0 Å². The molecular formula is C17H13F5N4. The molecule has 26 heavy (non-hydrogen) atoms. The highest BCUT2D eigenvalue weighted by Crippen LogP contribution is 2.34. The minimum atomic E-state index is -4.57. The van der Waals surface area contributed by atoms with E-state index >= 15 is 0 Å². The van der Waals surface area contributed by atoms with Gasteiger partial charge in [0, 0.05) is 24.9 Å². The highest BCUT2D eigenvalue weighted by Gasteiger charge is 2.35. The highest BCUT2D eigenvalue weighted by molar-refractivity contribution is 5.76. The Hall–Kier alpha value is -2.55. The average Bonchev–Trinajstić information content (AvgIpc) is 2.92. The molecule has 1 aliphatic heterocycles. The van der Waals surface area contributed by atoms with Crippen LogP contribution >= 0.6 is 0 Å². The zero-order valence-corrected chi connectivity index (χ0v) is 13.3. The number of fused-ring (bicyclic) bond motifs is 3. The van der Waals surface area contributed by atoms with E-state index in [0.717, 1.165) is 30.5 Å². The molecule has 2 atom stereocenters. The van der Waals surface area contributed by atoms with Crippen molar-refractivity contribution in [2.24, 2.45) is 5.73 Å². The van der Waals surface area contributed by atoms with Gasteiger partial charge in [0.25, 0.3) is 0 Å². The van der Waals surface area contributed by atoms with E-state index in [2.05, 4.69) is 9.97 Å². The van der Waals surface area contributed by atoms with E-state index < -0.39 is 35.5 Å². The van der Waals surface area contributed by atoms with Crippen molar-refractivity contribution in [3.63, 3.8) is 0 Å². The molecular weight excluding hydrogens is 355 g/mol. The van der Waals surface area contributed by atoms with Crippen molar-refractivity contribution in [3.05, 3.63) is 59.2 Å². The van der Waals surface area contributed by atoms with Gasteiger partial charge in [0.15, 0.2) is 0 Å². The number of hydrogen-bond donors (Lipinski definition) is 1. The molecule has 3 heterocycles. The summed E-state index contributed by atoms with van der Waals surface area (Å²) >= 11 is 0. The van der Waals surface area contributed by atoms with Crippen LogP contribution in [0.4, 0.5) is 22.0 Å². The lowest BCUT2D eigenvalue weighted by Crippen LogP contribution is -2.39. The first kappa shape index (κ1) is 16.9. The topological polar surface area (TPSA) is 56.7 Å². The molecule has 4 nitrogen and oxygen atoms in total. The zero-order chi connectivity index (χ0) is 18.6. The summed E-state index contributed by atoms with van der Waals surface area (Å²) in [6.07, 6.45) is -3.31. The van der Waals surface area contributed by atoms with Gasteiger partial charge in [-0.3, -0.25) is 0 Å². The SMILES string of the molecule is N[C@@H]1Cn2c(nc3cnc(C(F)(F)F)cc32)C[C@H]1c1cc(F)ccc1F. The first-order chi connectivity index (χ1) is 12.2. The maximum Gasteiger partial charge on any atom is 0.433 e. The number of hydrogen-bond acceptors (Lipinski definition) is 3. The fourth-order valence-corrected chi connectivity index (χ4v) is 3.42. The van der Waals surface area contributed by atoms with E-state index in [9.17, 15) is 22.0 Å². The molecule has 4 rings (SSSR count). The summed E-state index contributed by atoms with van der Waals surface area (Å²) < 4.78 is 67.9. The summed E-state index contributed by atoms with van der Waals surface area (Å²) in [5, 5.41) is 0. The second-order valence-corrected chi connectivity index (χ2v) is 6.33. The molecule has 0 saturated heterocycles. The van der Waals surface area contributed by atoms with E-state index in [1.54, 1.807) is 4.57 Å². The lowest BCUT2D eigenvalue weighted by Gasteiger charge is -2.30. The van der Waals surface area contributed by atoms with Gasteiger partial charge >= 0.3 is 6.18 Å². The molecule has 0 unspecified atom stereocenters. The molecule has 0 aliphatic carbocycles. The summed E-state index contributed by atoms with van der Waals surface area (Å²) in [7, 11) is 0. The van der Waals surface area contributed by atoms with Gasteiger partial charge in [-0.15, -0.1) is 0 Å². The van der Waals surface area contributed by atoms with Gasteiger partial charge in [-0.1, -0.05) is 0 Å². The normalized spacial score (nSPS) is 20.4. The van der Waals surface area contributed by atoms with E-state index in [0.29, 0.717) is 11.3 Å². The van der Waals surface area contributed by atoms with E-state index in [1.165, 1.54) is 0 Å².